The summed E-state index contributed by atoms with van der Waals surface area (Å²) < 4.78 is 17.6. The Morgan fingerprint density at radius 2 is 1.66 bits per heavy atom. The fourth-order valence-electron chi connectivity index (χ4n) is 9.13. The van der Waals surface area contributed by atoms with Crippen LogP contribution in [-0.2, 0) is 23.8 Å². The van der Waals surface area contributed by atoms with Crippen molar-refractivity contribution in [2.24, 2.45) is 22.2 Å². The number of methoxy groups -OCH3 is 1. The molecule has 2 radical (unpaired) electrons. The zero-order valence-corrected chi connectivity index (χ0v) is 36.5. The van der Waals surface area contributed by atoms with Crippen molar-refractivity contribution in [2.45, 2.75) is 109 Å². The number of esters is 1. The van der Waals surface area contributed by atoms with Crippen molar-refractivity contribution >= 4 is 11.8 Å². The zero-order valence-electron chi connectivity index (χ0n) is 27.0. The molecule has 2 bridgehead atoms. The van der Waals surface area contributed by atoms with Crippen LogP contribution in [0.4, 0.5) is 0 Å². The number of Topliss-reactive ketones (excluding diaryl/α,β-unsaturated/α-hetero) is 1. The van der Waals surface area contributed by atoms with E-state index in [9.17, 15) is 30.0 Å². The van der Waals surface area contributed by atoms with Gasteiger partial charge in [0.25, 0.3) is 0 Å². The third-order valence-electron chi connectivity index (χ3n) is 12.4. The number of hydrogen-bond acceptors (Lipinski definition) is 9. The quantitative estimate of drug-likeness (QED) is 0.259. The van der Waals surface area contributed by atoms with Crippen LogP contribution in [0.2, 0.25) is 0 Å². The van der Waals surface area contributed by atoms with Crippen molar-refractivity contribution in [3.63, 3.8) is 0 Å². The summed E-state index contributed by atoms with van der Waals surface area (Å²) in [5.74, 6) is -2.68. The van der Waals surface area contributed by atoms with Gasteiger partial charge in [0, 0.05) is 125 Å². The summed E-state index contributed by atoms with van der Waals surface area (Å²) in [5.41, 5.74) is -5.46. The fourth-order valence-corrected chi connectivity index (χ4v) is 9.13. The summed E-state index contributed by atoms with van der Waals surface area (Å²) in [6.07, 6.45) is -5.24. The van der Waals surface area contributed by atoms with E-state index >= 15 is 0 Å². The SMILES string of the molecule is COC1CC2OCC2(O)C2(C)[C@H](C)C3(O)CC(OC(=O)C(O)[C@@H](C)c4ccccc4)C(C)=C(C(O)C(=O)[C@]12C)C3(C)C.[Ac].[Ac]. The monoisotopic (exact) mass is 1040 g/mol. The predicted molar refractivity (Wildman–Crippen MR) is 153 cm³/mol. The molecule has 1 aliphatic heterocycles. The number of carbonyl (C=O) groups excluding carboxylic acids is 2. The molecule has 3 aliphatic carbocycles. The summed E-state index contributed by atoms with van der Waals surface area (Å²) in [6, 6.07) is 9.13. The normalized spacial score (nSPS) is 42.1. The van der Waals surface area contributed by atoms with Gasteiger partial charge in [-0.3, -0.25) is 4.79 Å². The molecule has 11 atom stereocenters. The Bertz CT molecular complexity index is 1300. The largest absolute Gasteiger partial charge is 0.456 e. The zero-order chi connectivity index (χ0) is 31.2. The van der Waals surface area contributed by atoms with E-state index in [2.05, 4.69) is 0 Å². The van der Waals surface area contributed by atoms with Gasteiger partial charge in [-0.05, 0) is 36.5 Å². The van der Waals surface area contributed by atoms with Crippen molar-refractivity contribution < 1.29 is 132 Å². The molecule has 0 aromatic heterocycles. The number of carbonyl (C=O) groups is 2. The number of fused-ring (bicyclic) bond motifs is 5. The van der Waals surface area contributed by atoms with Gasteiger partial charge in [0.2, 0.25) is 0 Å². The number of ketones is 1. The maximum atomic E-state index is 14.6. The van der Waals surface area contributed by atoms with Crippen LogP contribution in [0.1, 0.15) is 72.8 Å². The Morgan fingerprint density at radius 1 is 1.07 bits per heavy atom. The Hall–Kier alpha value is 0.743. The van der Waals surface area contributed by atoms with E-state index in [0.717, 1.165) is 5.56 Å². The van der Waals surface area contributed by atoms with Gasteiger partial charge < -0.3 is 34.6 Å². The molecular weight excluding hydrogens is 994 g/mol. The first-order valence-corrected chi connectivity index (χ1v) is 14.9. The van der Waals surface area contributed by atoms with Crippen LogP contribution in [0.25, 0.3) is 0 Å². The van der Waals surface area contributed by atoms with Gasteiger partial charge in [0.05, 0.1) is 29.8 Å². The maximum Gasteiger partial charge on any atom is 0.336 e. The summed E-state index contributed by atoms with van der Waals surface area (Å²) in [5, 5.41) is 47.9. The minimum atomic E-state index is -1.66. The fraction of sp³-hybridized carbons (Fsp3) is 0.697. The standard InChI is InChI=1S/C33H46O9.2Ac/c1-17(20-12-10-9-11-13-20)25(34)28(37)42-21-15-32(38)19(3)31(7)30(6,22(40-8)14-23-33(31,39)16-41-23)27(36)26(35)24(18(21)2)29(32,4)5;;/h9-13,17,19,21-23,25-26,34-35,38-39H,14-16H2,1-8H3;;/t17-,19-,21?,22?,23?,25?,26?,30-,31?,32?,33?;;/m0../s1. The second-order valence-electron chi connectivity index (χ2n) is 14.0. The Balaban J connectivity index is 0.00000264. The molecule has 238 valence electrons. The van der Waals surface area contributed by atoms with Gasteiger partial charge >= 0.3 is 5.97 Å². The molecule has 4 aliphatic rings. The minimum Gasteiger partial charge on any atom is -0.456 e. The second-order valence-corrected chi connectivity index (χ2v) is 14.0. The van der Waals surface area contributed by atoms with Gasteiger partial charge in [0.15, 0.2) is 11.9 Å². The van der Waals surface area contributed by atoms with E-state index in [1.807, 2.05) is 37.3 Å². The van der Waals surface area contributed by atoms with Gasteiger partial charge in [-0.2, -0.15) is 0 Å². The predicted octanol–water partition coefficient (Wildman–Crippen LogP) is 2.68. The van der Waals surface area contributed by atoms with Crippen molar-refractivity contribution in [1.82, 2.24) is 0 Å². The first-order chi connectivity index (χ1) is 19.4. The van der Waals surface area contributed by atoms with E-state index < -0.39 is 81.6 Å². The summed E-state index contributed by atoms with van der Waals surface area (Å²) >= 11 is 0. The Morgan fingerprint density at radius 3 is 2.18 bits per heavy atom. The van der Waals surface area contributed by atoms with Crippen LogP contribution in [0.3, 0.4) is 0 Å². The minimum absolute atomic E-state index is 0. The first-order valence-electron chi connectivity index (χ1n) is 14.9. The van der Waals surface area contributed by atoms with E-state index in [0.29, 0.717) is 5.57 Å². The molecule has 5 rings (SSSR count). The molecule has 1 saturated heterocycles. The second kappa shape index (κ2) is 13.2. The maximum absolute atomic E-state index is 14.6. The van der Waals surface area contributed by atoms with Gasteiger partial charge in [-0.25, -0.2) is 4.79 Å². The first kappa shape index (κ1) is 39.2. The van der Waals surface area contributed by atoms with E-state index in [1.165, 1.54) is 7.11 Å². The third kappa shape index (κ3) is 5.11. The van der Waals surface area contributed by atoms with E-state index in [4.69, 9.17) is 14.2 Å². The van der Waals surface area contributed by atoms with Crippen molar-refractivity contribution in [2.75, 3.05) is 13.7 Å². The summed E-state index contributed by atoms with van der Waals surface area (Å²) in [4.78, 5) is 27.9. The van der Waals surface area contributed by atoms with Gasteiger partial charge in [-0.1, -0.05) is 65.0 Å². The number of hydrogen-bond donors (Lipinski definition) is 4. The van der Waals surface area contributed by atoms with Gasteiger partial charge in [-0.15, -0.1) is 0 Å². The molecule has 4 N–H and O–H groups in total. The van der Waals surface area contributed by atoms with E-state index in [-0.39, 0.29) is 113 Å². The van der Waals surface area contributed by atoms with Crippen molar-refractivity contribution in [3.05, 3.63) is 47.0 Å². The van der Waals surface area contributed by atoms with Crippen molar-refractivity contribution in [3.8, 4) is 0 Å². The van der Waals surface area contributed by atoms with Crippen LogP contribution < -0.4 is 0 Å². The van der Waals surface area contributed by atoms with Crippen LogP contribution >= 0.6 is 0 Å². The number of aliphatic hydroxyl groups excluding tert-OH is 2. The number of benzene rings is 1. The van der Waals surface area contributed by atoms with Crippen LogP contribution in [0.5, 0.6) is 0 Å². The average molecular weight is 1040 g/mol. The van der Waals surface area contributed by atoms with E-state index in [1.54, 1.807) is 41.5 Å². The number of rotatable bonds is 5. The average Bonchev–Trinajstić information content (AvgIpc) is 2.96. The molecule has 1 aromatic rings. The molecule has 3 fully saturated rings. The molecule has 8 unspecified atom stereocenters. The Labute approximate surface area is 332 Å². The summed E-state index contributed by atoms with van der Waals surface area (Å²) in [7, 11) is 1.50. The van der Waals surface area contributed by atoms with Crippen LogP contribution in [-0.4, -0.2) is 87.6 Å². The molecule has 11 heteroatoms. The molecule has 44 heavy (non-hydrogen) atoms. The molecule has 1 heterocycles. The van der Waals surface area contributed by atoms with Crippen LogP contribution in [0, 0.1) is 110 Å². The molecular formula is C33H46Ac2O9. The molecule has 0 amide bonds. The third-order valence-corrected chi connectivity index (χ3v) is 12.4. The number of aliphatic hydroxyl groups is 4. The molecule has 2 saturated carbocycles. The molecule has 1 aromatic carbocycles. The number of ether oxygens (including phenoxy) is 3. The smallest absolute Gasteiger partial charge is 0.336 e. The topological polar surface area (TPSA) is 143 Å². The molecule has 9 nitrogen and oxygen atoms in total. The van der Waals surface area contributed by atoms with Crippen molar-refractivity contribution in [1.29, 1.82) is 0 Å². The summed E-state index contributed by atoms with van der Waals surface area (Å²) in [6.45, 7) is 12.3. The van der Waals surface area contributed by atoms with Crippen LogP contribution in [0.15, 0.2) is 41.5 Å². The Kier molecular flexibility index (Phi) is 11.8. The molecule has 0 spiro atoms. The van der Waals surface area contributed by atoms with Gasteiger partial charge in [0.1, 0.15) is 17.8 Å².